The fourth-order valence-electron chi connectivity index (χ4n) is 2.36. The highest BCUT2D eigenvalue weighted by Crippen LogP contribution is 2.58. The Bertz CT molecular complexity index is 982. The first-order valence-electron chi connectivity index (χ1n) is 8.75. The number of hydrogen-bond donors (Lipinski definition) is 1. The van der Waals surface area contributed by atoms with Crippen molar-refractivity contribution in [3.05, 3.63) is 72.4 Å². The van der Waals surface area contributed by atoms with Crippen LogP contribution in [-0.2, 0) is 0 Å². The Balaban J connectivity index is 2.57. The summed E-state index contributed by atoms with van der Waals surface area (Å²) in [6.07, 6.45) is -6.71. The van der Waals surface area contributed by atoms with Crippen molar-refractivity contribution >= 4 is 17.6 Å². The third-order valence-corrected chi connectivity index (χ3v) is 4.15. The van der Waals surface area contributed by atoms with Crippen LogP contribution < -0.4 is 5.32 Å². The topological polar surface area (TPSA) is 24.4 Å². The monoisotopic (exact) mass is 490 g/mol. The zero-order valence-corrected chi connectivity index (χ0v) is 16.0. The average molecular weight is 490 g/mol. The van der Waals surface area contributed by atoms with Gasteiger partial charge in [0.1, 0.15) is 0 Å². The fourth-order valence-corrected chi connectivity index (χ4v) is 2.36. The summed E-state index contributed by atoms with van der Waals surface area (Å²) in [7, 11) is 0. The summed E-state index contributed by atoms with van der Waals surface area (Å²) in [6, 6.07) is 13.0. The molecule has 2 aromatic rings. The van der Waals surface area contributed by atoms with Gasteiger partial charge in [0, 0.05) is 11.9 Å². The lowest BCUT2D eigenvalue weighted by Gasteiger charge is -2.38. The molecule has 0 heterocycles. The van der Waals surface area contributed by atoms with Crippen molar-refractivity contribution in [2.45, 2.75) is 29.9 Å². The number of allylic oxidation sites excluding steroid dienone is 2. The highest BCUT2D eigenvalue weighted by molar-refractivity contribution is 5.77. The van der Waals surface area contributed by atoms with Gasteiger partial charge in [-0.05, 0) is 30.3 Å². The van der Waals surface area contributed by atoms with Crippen LogP contribution >= 0.6 is 0 Å². The largest absolute Gasteiger partial charge is 0.460 e. The lowest BCUT2D eigenvalue weighted by Crippen LogP contribution is -2.67. The molecular formula is C20H13F11N2. The Morgan fingerprint density at radius 2 is 1.12 bits per heavy atom. The van der Waals surface area contributed by atoms with Crippen molar-refractivity contribution in [1.29, 1.82) is 0 Å². The van der Waals surface area contributed by atoms with Crippen molar-refractivity contribution in [3.63, 3.8) is 0 Å². The number of rotatable bonds is 8. The second-order valence-corrected chi connectivity index (χ2v) is 6.48. The van der Waals surface area contributed by atoms with Gasteiger partial charge in [-0.1, -0.05) is 36.4 Å². The van der Waals surface area contributed by atoms with E-state index in [4.69, 9.17) is 0 Å². The number of aliphatic imine (C=N–C) groups is 1. The van der Waals surface area contributed by atoms with Gasteiger partial charge in [0.25, 0.3) is 0 Å². The molecule has 0 saturated heterocycles. The minimum atomic E-state index is -7.52. The number of alkyl halides is 11. The highest BCUT2D eigenvalue weighted by Gasteiger charge is 2.87. The predicted molar refractivity (Wildman–Crippen MR) is 98.6 cm³/mol. The average Bonchev–Trinajstić information content (AvgIpc) is 2.73. The van der Waals surface area contributed by atoms with Gasteiger partial charge in [0.05, 0.1) is 11.4 Å². The molecule has 2 aromatic carbocycles. The lowest BCUT2D eigenvalue weighted by molar-refractivity contribution is -0.417. The van der Waals surface area contributed by atoms with Crippen molar-refractivity contribution in [2.75, 3.05) is 5.32 Å². The molecule has 13 heteroatoms. The Labute approximate surface area is 179 Å². The fraction of sp³-hybridized carbons (Fsp3) is 0.250. The van der Waals surface area contributed by atoms with Crippen LogP contribution in [0.25, 0.3) is 0 Å². The Morgan fingerprint density at radius 1 is 0.636 bits per heavy atom. The van der Waals surface area contributed by atoms with Crippen LogP contribution in [0.1, 0.15) is 0 Å². The van der Waals surface area contributed by atoms with Gasteiger partial charge in [0.2, 0.25) is 0 Å². The standard InChI is InChI=1S/C20H13F11N2/c21-16(22,17(23,24)18(25,26)19(27,28)20(29,30)31)15(33-14-9-5-2-6-10-14)11-12-32-13-7-3-1-4-8-13/h1-12,33H/b15-11+,32-12?. The molecule has 0 fully saturated rings. The maximum Gasteiger partial charge on any atom is 0.460 e. The third-order valence-electron chi connectivity index (χ3n) is 4.15. The van der Waals surface area contributed by atoms with Gasteiger partial charge in [-0.2, -0.15) is 48.3 Å². The van der Waals surface area contributed by atoms with E-state index < -0.39 is 35.6 Å². The van der Waals surface area contributed by atoms with Gasteiger partial charge in [-0.25, -0.2) is 0 Å². The van der Waals surface area contributed by atoms with E-state index in [2.05, 4.69) is 4.99 Å². The number of halogens is 11. The molecule has 0 saturated carbocycles. The van der Waals surface area contributed by atoms with E-state index in [0.29, 0.717) is 6.21 Å². The summed E-state index contributed by atoms with van der Waals surface area (Å²) in [5.74, 6) is -28.4. The van der Waals surface area contributed by atoms with Crippen LogP contribution in [0.3, 0.4) is 0 Å². The molecule has 2 rings (SSSR count). The van der Waals surface area contributed by atoms with Crippen molar-refractivity contribution in [2.24, 2.45) is 4.99 Å². The number of para-hydroxylation sites is 2. The molecular weight excluding hydrogens is 477 g/mol. The van der Waals surface area contributed by atoms with Gasteiger partial charge < -0.3 is 5.32 Å². The quantitative estimate of drug-likeness (QED) is 0.301. The maximum absolute atomic E-state index is 14.6. The molecule has 0 aliphatic carbocycles. The SMILES string of the molecule is FC(F)(F)C(F)(F)C(F)(F)C(F)(F)C(F)(F)/C(=C\C=Nc1ccccc1)Nc1ccccc1. The van der Waals surface area contributed by atoms with Crippen LogP contribution in [0.4, 0.5) is 59.7 Å². The Hall–Kier alpha value is -3.12. The number of anilines is 1. The molecule has 0 radical (unpaired) electrons. The van der Waals surface area contributed by atoms with E-state index in [1.807, 2.05) is 0 Å². The Kier molecular flexibility index (Phi) is 7.15. The summed E-state index contributed by atoms with van der Waals surface area (Å²) in [4.78, 5) is 3.60. The number of hydrogen-bond acceptors (Lipinski definition) is 2. The molecule has 180 valence electrons. The molecule has 0 atom stereocenters. The summed E-state index contributed by atoms with van der Waals surface area (Å²) < 4.78 is 148. The summed E-state index contributed by atoms with van der Waals surface area (Å²) in [5, 5.41) is 1.65. The minimum absolute atomic E-state index is 0.0652. The molecule has 2 nitrogen and oxygen atoms in total. The van der Waals surface area contributed by atoms with Gasteiger partial charge in [-0.3, -0.25) is 4.99 Å². The van der Waals surface area contributed by atoms with E-state index in [1.165, 1.54) is 42.5 Å². The normalized spacial score (nSPS) is 14.6. The minimum Gasteiger partial charge on any atom is -0.354 e. The van der Waals surface area contributed by atoms with E-state index in [0.717, 1.165) is 12.1 Å². The second kappa shape index (κ2) is 9.02. The molecule has 0 aliphatic rings. The number of nitrogens with one attached hydrogen (secondary N) is 1. The first-order valence-corrected chi connectivity index (χ1v) is 8.75. The van der Waals surface area contributed by atoms with Crippen LogP contribution in [0.15, 0.2) is 77.4 Å². The van der Waals surface area contributed by atoms with Crippen LogP contribution in [0, 0.1) is 0 Å². The Morgan fingerprint density at radius 3 is 1.61 bits per heavy atom. The molecule has 0 aromatic heterocycles. The number of nitrogens with zero attached hydrogens (tertiary/aromatic N) is 1. The van der Waals surface area contributed by atoms with E-state index in [1.54, 1.807) is 11.4 Å². The molecule has 0 amide bonds. The zero-order valence-electron chi connectivity index (χ0n) is 16.0. The number of benzene rings is 2. The smallest absolute Gasteiger partial charge is 0.354 e. The molecule has 33 heavy (non-hydrogen) atoms. The lowest BCUT2D eigenvalue weighted by atomic mass is 9.95. The summed E-state index contributed by atoms with van der Waals surface area (Å²) in [5.41, 5.74) is -2.37. The van der Waals surface area contributed by atoms with Crippen LogP contribution in [0.5, 0.6) is 0 Å². The summed E-state index contributed by atoms with van der Waals surface area (Å²) >= 11 is 0. The van der Waals surface area contributed by atoms with Crippen molar-refractivity contribution < 1.29 is 48.3 Å². The maximum atomic E-state index is 14.6. The van der Waals surface area contributed by atoms with E-state index in [9.17, 15) is 48.3 Å². The molecule has 0 aliphatic heterocycles. The third kappa shape index (κ3) is 4.96. The second-order valence-electron chi connectivity index (χ2n) is 6.48. The van der Waals surface area contributed by atoms with E-state index in [-0.39, 0.29) is 17.5 Å². The van der Waals surface area contributed by atoms with Gasteiger partial charge in [0.15, 0.2) is 0 Å². The van der Waals surface area contributed by atoms with Crippen LogP contribution in [-0.4, -0.2) is 36.1 Å². The van der Waals surface area contributed by atoms with Crippen molar-refractivity contribution in [1.82, 2.24) is 0 Å². The first kappa shape index (κ1) is 26.1. The predicted octanol–water partition coefficient (Wildman–Crippen LogP) is 7.49. The summed E-state index contributed by atoms with van der Waals surface area (Å²) in [6.45, 7) is 0. The van der Waals surface area contributed by atoms with Gasteiger partial charge >= 0.3 is 29.9 Å². The van der Waals surface area contributed by atoms with Crippen molar-refractivity contribution in [3.8, 4) is 0 Å². The molecule has 0 bridgehead atoms. The first-order chi connectivity index (χ1) is 15.1. The zero-order chi connectivity index (χ0) is 25.1. The highest BCUT2D eigenvalue weighted by atomic mass is 19.4. The van der Waals surface area contributed by atoms with Gasteiger partial charge in [-0.15, -0.1) is 0 Å². The van der Waals surface area contributed by atoms with Crippen LogP contribution in [0.2, 0.25) is 0 Å². The molecule has 0 unspecified atom stereocenters. The molecule has 1 N–H and O–H groups in total. The van der Waals surface area contributed by atoms with E-state index >= 15 is 0 Å². The molecule has 0 spiro atoms.